The van der Waals surface area contributed by atoms with Gasteiger partial charge in [-0.3, -0.25) is 9.59 Å². The molecule has 1 aliphatic rings. The molecule has 1 aromatic carbocycles. The Morgan fingerprint density at radius 1 is 1.16 bits per heavy atom. The van der Waals surface area contributed by atoms with Gasteiger partial charge >= 0.3 is 11.9 Å². The van der Waals surface area contributed by atoms with Gasteiger partial charge in [0.15, 0.2) is 11.5 Å². The van der Waals surface area contributed by atoms with Gasteiger partial charge in [-0.25, -0.2) is 0 Å². The Morgan fingerprint density at radius 2 is 1.84 bits per heavy atom. The molecule has 0 atom stereocenters. The molecular formula is C14H14O5. The van der Waals surface area contributed by atoms with Crippen molar-refractivity contribution in [3.8, 4) is 17.2 Å². The van der Waals surface area contributed by atoms with Crippen molar-refractivity contribution in [1.29, 1.82) is 0 Å². The van der Waals surface area contributed by atoms with Crippen LogP contribution in [0.1, 0.15) is 26.3 Å². The first-order chi connectivity index (χ1) is 8.99. The minimum Gasteiger partial charge on any atom is -0.485 e. The molecule has 0 aliphatic carbocycles. The lowest BCUT2D eigenvalue weighted by atomic mass is 10.0. The standard InChI is InChI=1S/C14H14O5/c1-8-6-7-17-13-11(8)4-5-12(18-9(2)15)14(13)19-10(3)16/h4-6H,7H2,1-3H3. The number of esters is 2. The first-order valence-electron chi connectivity index (χ1n) is 5.83. The molecule has 0 aromatic heterocycles. The van der Waals surface area contributed by atoms with Crippen LogP contribution >= 0.6 is 0 Å². The molecule has 0 spiro atoms. The number of benzene rings is 1. The van der Waals surface area contributed by atoms with Crippen LogP contribution < -0.4 is 14.2 Å². The average Bonchev–Trinajstić information content (AvgIpc) is 2.31. The predicted molar refractivity (Wildman–Crippen MR) is 68.2 cm³/mol. The number of rotatable bonds is 2. The van der Waals surface area contributed by atoms with E-state index in [4.69, 9.17) is 14.2 Å². The molecular weight excluding hydrogens is 248 g/mol. The number of ether oxygens (including phenoxy) is 3. The molecule has 5 nitrogen and oxygen atoms in total. The minimum atomic E-state index is -0.502. The fourth-order valence-electron chi connectivity index (χ4n) is 1.83. The molecule has 0 N–H and O–H groups in total. The molecule has 1 aromatic rings. The smallest absolute Gasteiger partial charge is 0.308 e. The Balaban J connectivity index is 2.55. The van der Waals surface area contributed by atoms with Crippen molar-refractivity contribution in [3.63, 3.8) is 0 Å². The van der Waals surface area contributed by atoms with Gasteiger partial charge in [-0.2, -0.15) is 0 Å². The highest BCUT2D eigenvalue weighted by Gasteiger charge is 2.22. The van der Waals surface area contributed by atoms with Crippen molar-refractivity contribution in [2.45, 2.75) is 20.8 Å². The van der Waals surface area contributed by atoms with Gasteiger partial charge in [-0.05, 0) is 30.7 Å². The SMILES string of the molecule is CC(=O)Oc1ccc2c(c1OC(C)=O)OCC=C2C. The normalized spacial score (nSPS) is 12.9. The molecule has 2 rings (SSSR count). The number of hydrogen-bond acceptors (Lipinski definition) is 5. The molecule has 0 fully saturated rings. The van der Waals surface area contributed by atoms with Crippen molar-refractivity contribution in [2.75, 3.05) is 6.61 Å². The Hall–Kier alpha value is -2.30. The van der Waals surface area contributed by atoms with Crippen LogP contribution in [0, 0.1) is 0 Å². The largest absolute Gasteiger partial charge is 0.485 e. The van der Waals surface area contributed by atoms with E-state index in [1.165, 1.54) is 13.8 Å². The van der Waals surface area contributed by atoms with Crippen LogP contribution in [-0.2, 0) is 9.59 Å². The lowest BCUT2D eigenvalue weighted by Gasteiger charge is -2.20. The quantitative estimate of drug-likeness (QED) is 0.604. The summed E-state index contributed by atoms with van der Waals surface area (Å²) in [4.78, 5) is 22.3. The molecule has 0 unspecified atom stereocenters. The zero-order chi connectivity index (χ0) is 14.0. The van der Waals surface area contributed by atoms with Gasteiger partial charge in [-0.15, -0.1) is 0 Å². The lowest BCUT2D eigenvalue weighted by Crippen LogP contribution is -2.11. The lowest BCUT2D eigenvalue weighted by molar-refractivity contribution is -0.134. The van der Waals surface area contributed by atoms with E-state index < -0.39 is 11.9 Å². The second-order valence-corrected chi connectivity index (χ2v) is 4.15. The van der Waals surface area contributed by atoms with Gasteiger partial charge < -0.3 is 14.2 Å². The maximum Gasteiger partial charge on any atom is 0.308 e. The van der Waals surface area contributed by atoms with E-state index in [2.05, 4.69) is 0 Å². The molecule has 0 saturated heterocycles. The van der Waals surface area contributed by atoms with Crippen LogP contribution in [-0.4, -0.2) is 18.5 Å². The average molecular weight is 262 g/mol. The summed E-state index contributed by atoms with van der Waals surface area (Å²) in [6, 6.07) is 3.36. The highest BCUT2D eigenvalue weighted by molar-refractivity contribution is 5.80. The number of fused-ring (bicyclic) bond motifs is 1. The summed E-state index contributed by atoms with van der Waals surface area (Å²) in [7, 11) is 0. The van der Waals surface area contributed by atoms with Gasteiger partial charge in [0.25, 0.3) is 0 Å². The molecule has 1 heterocycles. The molecule has 0 amide bonds. The van der Waals surface area contributed by atoms with Gasteiger partial charge in [0, 0.05) is 19.4 Å². The highest BCUT2D eigenvalue weighted by atomic mass is 16.6. The van der Waals surface area contributed by atoms with Crippen LogP contribution in [0.3, 0.4) is 0 Å². The highest BCUT2D eigenvalue weighted by Crippen LogP contribution is 2.44. The first kappa shape index (κ1) is 13.1. The Labute approximate surface area is 110 Å². The molecule has 100 valence electrons. The van der Waals surface area contributed by atoms with Crippen molar-refractivity contribution < 1.29 is 23.8 Å². The van der Waals surface area contributed by atoms with Crippen molar-refractivity contribution in [1.82, 2.24) is 0 Å². The molecule has 0 radical (unpaired) electrons. The molecule has 0 bridgehead atoms. The van der Waals surface area contributed by atoms with Gasteiger partial charge in [-0.1, -0.05) is 0 Å². The maximum atomic E-state index is 11.2. The third-order valence-corrected chi connectivity index (χ3v) is 2.62. The fourth-order valence-corrected chi connectivity index (χ4v) is 1.83. The van der Waals surface area contributed by atoms with Crippen LogP contribution in [0.4, 0.5) is 0 Å². The van der Waals surface area contributed by atoms with Gasteiger partial charge in [0.05, 0.1) is 0 Å². The zero-order valence-corrected chi connectivity index (χ0v) is 11.0. The minimum absolute atomic E-state index is 0.146. The molecule has 19 heavy (non-hydrogen) atoms. The Morgan fingerprint density at radius 3 is 2.47 bits per heavy atom. The summed E-state index contributed by atoms with van der Waals surface area (Å²) >= 11 is 0. The first-order valence-corrected chi connectivity index (χ1v) is 5.83. The van der Waals surface area contributed by atoms with E-state index in [0.29, 0.717) is 12.4 Å². The van der Waals surface area contributed by atoms with E-state index in [1.807, 2.05) is 13.0 Å². The summed E-state index contributed by atoms with van der Waals surface area (Å²) in [6.07, 6.45) is 1.92. The van der Waals surface area contributed by atoms with Crippen LogP contribution in [0.15, 0.2) is 18.2 Å². The maximum absolute atomic E-state index is 11.2. The van der Waals surface area contributed by atoms with Crippen LogP contribution in [0.5, 0.6) is 17.2 Å². The van der Waals surface area contributed by atoms with Gasteiger partial charge in [0.1, 0.15) is 6.61 Å². The monoisotopic (exact) mass is 262 g/mol. The number of hydrogen-bond donors (Lipinski definition) is 0. The van der Waals surface area contributed by atoms with E-state index in [1.54, 1.807) is 12.1 Å². The van der Waals surface area contributed by atoms with Gasteiger partial charge in [0.2, 0.25) is 5.75 Å². The predicted octanol–water partition coefficient (Wildman–Crippen LogP) is 2.33. The van der Waals surface area contributed by atoms with Crippen LogP contribution in [0.25, 0.3) is 5.57 Å². The fraction of sp³-hybridized carbons (Fsp3) is 0.286. The van der Waals surface area contributed by atoms with Crippen molar-refractivity contribution in [2.24, 2.45) is 0 Å². The van der Waals surface area contributed by atoms with Crippen LogP contribution in [0.2, 0.25) is 0 Å². The molecule has 1 aliphatic heterocycles. The number of carbonyl (C=O) groups is 2. The summed E-state index contributed by atoms with van der Waals surface area (Å²) in [5, 5.41) is 0. The summed E-state index contributed by atoms with van der Waals surface area (Å²) < 4.78 is 15.7. The van der Waals surface area contributed by atoms with E-state index in [0.717, 1.165) is 11.1 Å². The summed E-state index contributed by atoms with van der Waals surface area (Å²) in [5.41, 5.74) is 1.84. The second-order valence-electron chi connectivity index (χ2n) is 4.15. The van der Waals surface area contributed by atoms with E-state index >= 15 is 0 Å². The summed E-state index contributed by atoms with van der Waals surface area (Å²) in [5.74, 6) is -0.244. The van der Waals surface area contributed by atoms with Crippen molar-refractivity contribution in [3.05, 3.63) is 23.8 Å². The Bertz CT molecular complexity index is 571. The summed E-state index contributed by atoms with van der Waals surface area (Å²) in [6.45, 7) is 4.88. The Kier molecular flexibility index (Phi) is 3.55. The second kappa shape index (κ2) is 5.14. The van der Waals surface area contributed by atoms with E-state index in [9.17, 15) is 9.59 Å². The third kappa shape index (κ3) is 2.76. The van der Waals surface area contributed by atoms with E-state index in [-0.39, 0.29) is 11.5 Å². The molecule has 5 heteroatoms. The third-order valence-electron chi connectivity index (χ3n) is 2.62. The molecule has 0 saturated carbocycles. The van der Waals surface area contributed by atoms with Crippen molar-refractivity contribution >= 4 is 17.5 Å². The topological polar surface area (TPSA) is 61.8 Å². The number of allylic oxidation sites excluding steroid dienone is 1. The number of carbonyl (C=O) groups excluding carboxylic acids is 2. The zero-order valence-electron chi connectivity index (χ0n) is 11.0.